The third-order valence-electron chi connectivity index (χ3n) is 2.40. The van der Waals surface area contributed by atoms with E-state index in [4.69, 9.17) is 10.00 Å². The van der Waals surface area contributed by atoms with E-state index in [-0.39, 0.29) is 0 Å². The Bertz CT molecular complexity index is 541. The summed E-state index contributed by atoms with van der Waals surface area (Å²) in [4.78, 5) is 0. The Kier molecular flexibility index (Phi) is 3.27. The number of hydrogen-bond donors (Lipinski definition) is 1. The van der Waals surface area contributed by atoms with Crippen molar-refractivity contribution in [2.24, 2.45) is 0 Å². The first kappa shape index (κ1) is 11.0. The standard InChI is InChI=1S/C14H12N2O/c1-17-14-5-3-2-4-13(14)16-12-8-6-11(10-15)7-9-12/h2-9,16H,1H3. The minimum Gasteiger partial charge on any atom is -0.495 e. The highest BCUT2D eigenvalue weighted by Crippen LogP contribution is 2.26. The van der Waals surface area contributed by atoms with Crippen LogP contribution in [0.4, 0.5) is 11.4 Å². The van der Waals surface area contributed by atoms with Gasteiger partial charge in [0.2, 0.25) is 0 Å². The van der Waals surface area contributed by atoms with Gasteiger partial charge in [0.15, 0.2) is 0 Å². The zero-order chi connectivity index (χ0) is 12.1. The number of methoxy groups -OCH3 is 1. The molecule has 0 unspecified atom stereocenters. The summed E-state index contributed by atoms with van der Waals surface area (Å²) in [5, 5.41) is 12.0. The number of hydrogen-bond acceptors (Lipinski definition) is 3. The van der Waals surface area contributed by atoms with E-state index in [1.807, 2.05) is 36.4 Å². The monoisotopic (exact) mass is 224 g/mol. The van der Waals surface area contributed by atoms with Crippen molar-refractivity contribution >= 4 is 11.4 Å². The highest BCUT2D eigenvalue weighted by Gasteiger charge is 2.01. The molecule has 0 aromatic heterocycles. The Morgan fingerprint density at radius 2 is 1.76 bits per heavy atom. The van der Waals surface area contributed by atoms with Gasteiger partial charge in [-0.05, 0) is 36.4 Å². The molecule has 3 heteroatoms. The van der Waals surface area contributed by atoms with Crippen LogP contribution in [0.2, 0.25) is 0 Å². The van der Waals surface area contributed by atoms with Gasteiger partial charge in [0.05, 0.1) is 24.4 Å². The van der Waals surface area contributed by atoms with E-state index < -0.39 is 0 Å². The summed E-state index contributed by atoms with van der Waals surface area (Å²) in [5.41, 5.74) is 2.48. The quantitative estimate of drug-likeness (QED) is 0.869. The summed E-state index contributed by atoms with van der Waals surface area (Å²) < 4.78 is 5.25. The fraction of sp³-hybridized carbons (Fsp3) is 0.0714. The van der Waals surface area contributed by atoms with E-state index >= 15 is 0 Å². The molecule has 0 aliphatic carbocycles. The maximum Gasteiger partial charge on any atom is 0.142 e. The average Bonchev–Trinajstić information content (AvgIpc) is 2.40. The fourth-order valence-electron chi connectivity index (χ4n) is 1.53. The van der Waals surface area contributed by atoms with E-state index in [1.54, 1.807) is 19.2 Å². The number of rotatable bonds is 3. The number of nitrogens with zero attached hydrogens (tertiary/aromatic N) is 1. The maximum atomic E-state index is 8.71. The van der Waals surface area contributed by atoms with Crippen molar-refractivity contribution in [3.8, 4) is 11.8 Å². The first-order chi connectivity index (χ1) is 8.33. The van der Waals surface area contributed by atoms with Gasteiger partial charge in [-0.25, -0.2) is 0 Å². The van der Waals surface area contributed by atoms with Gasteiger partial charge in [-0.3, -0.25) is 0 Å². The van der Waals surface area contributed by atoms with Crippen molar-refractivity contribution in [1.82, 2.24) is 0 Å². The van der Waals surface area contributed by atoms with Gasteiger partial charge in [0.25, 0.3) is 0 Å². The molecule has 0 spiro atoms. The van der Waals surface area contributed by atoms with Crippen LogP contribution in [-0.2, 0) is 0 Å². The summed E-state index contributed by atoms with van der Waals surface area (Å²) in [6.07, 6.45) is 0. The average molecular weight is 224 g/mol. The minimum absolute atomic E-state index is 0.649. The second kappa shape index (κ2) is 5.04. The summed E-state index contributed by atoms with van der Waals surface area (Å²) in [6.45, 7) is 0. The highest BCUT2D eigenvalue weighted by atomic mass is 16.5. The Balaban J connectivity index is 2.22. The minimum atomic E-state index is 0.649. The van der Waals surface area contributed by atoms with E-state index in [1.165, 1.54) is 0 Å². The van der Waals surface area contributed by atoms with E-state index in [0.717, 1.165) is 17.1 Å². The van der Waals surface area contributed by atoms with Crippen LogP contribution in [0.3, 0.4) is 0 Å². The molecule has 0 aliphatic rings. The van der Waals surface area contributed by atoms with Crippen molar-refractivity contribution in [3.63, 3.8) is 0 Å². The molecule has 2 rings (SSSR count). The van der Waals surface area contributed by atoms with Crippen molar-refractivity contribution in [2.75, 3.05) is 12.4 Å². The Morgan fingerprint density at radius 3 is 2.41 bits per heavy atom. The van der Waals surface area contributed by atoms with Crippen LogP contribution in [0.25, 0.3) is 0 Å². The van der Waals surface area contributed by atoms with Crippen molar-refractivity contribution in [1.29, 1.82) is 5.26 Å². The number of anilines is 2. The molecule has 1 N–H and O–H groups in total. The predicted molar refractivity (Wildman–Crippen MR) is 67.4 cm³/mol. The molecular weight excluding hydrogens is 212 g/mol. The molecule has 3 nitrogen and oxygen atoms in total. The lowest BCUT2D eigenvalue weighted by molar-refractivity contribution is 0.417. The molecule has 0 amide bonds. The van der Waals surface area contributed by atoms with Gasteiger partial charge in [-0.2, -0.15) is 5.26 Å². The lowest BCUT2D eigenvalue weighted by Crippen LogP contribution is -1.94. The molecule has 0 saturated carbocycles. The van der Waals surface area contributed by atoms with Crippen LogP contribution in [0.15, 0.2) is 48.5 Å². The van der Waals surface area contributed by atoms with Crippen LogP contribution in [0.5, 0.6) is 5.75 Å². The largest absolute Gasteiger partial charge is 0.495 e. The molecular formula is C14H12N2O. The third kappa shape index (κ3) is 2.56. The zero-order valence-electron chi connectivity index (χ0n) is 9.47. The summed E-state index contributed by atoms with van der Waals surface area (Å²) >= 11 is 0. The van der Waals surface area contributed by atoms with Gasteiger partial charge in [0, 0.05) is 5.69 Å². The number of nitrogens with one attached hydrogen (secondary N) is 1. The first-order valence-corrected chi connectivity index (χ1v) is 5.23. The van der Waals surface area contributed by atoms with Gasteiger partial charge in [-0.1, -0.05) is 12.1 Å². The molecule has 0 radical (unpaired) electrons. The van der Waals surface area contributed by atoms with Gasteiger partial charge >= 0.3 is 0 Å². The molecule has 0 atom stereocenters. The molecule has 0 saturated heterocycles. The van der Waals surface area contributed by atoms with Crippen LogP contribution in [0, 0.1) is 11.3 Å². The highest BCUT2D eigenvalue weighted by molar-refractivity contribution is 5.66. The SMILES string of the molecule is COc1ccccc1Nc1ccc(C#N)cc1. The van der Waals surface area contributed by atoms with Crippen molar-refractivity contribution in [3.05, 3.63) is 54.1 Å². The number of benzene rings is 2. The van der Waals surface area contributed by atoms with Crippen LogP contribution < -0.4 is 10.1 Å². The molecule has 17 heavy (non-hydrogen) atoms. The number of ether oxygens (including phenoxy) is 1. The topological polar surface area (TPSA) is 45.0 Å². The Labute approximate surface area is 100 Å². The van der Waals surface area contributed by atoms with E-state index in [2.05, 4.69) is 11.4 Å². The van der Waals surface area contributed by atoms with Crippen molar-refractivity contribution < 1.29 is 4.74 Å². The predicted octanol–water partition coefficient (Wildman–Crippen LogP) is 3.31. The zero-order valence-corrected chi connectivity index (χ0v) is 9.47. The molecule has 0 bridgehead atoms. The summed E-state index contributed by atoms with van der Waals surface area (Å²) in [7, 11) is 1.64. The molecule has 84 valence electrons. The van der Waals surface area contributed by atoms with Crippen molar-refractivity contribution in [2.45, 2.75) is 0 Å². The van der Waals surface area contributed by atoms with Gasteiger partial charge < -0.3 is 10.1 Å². The molecule has 0 aliphatic heterocycles. The second-order valence-corrected chi connectivity index (χ2v) is 3.51. The van der Waals surface area contributed by atoms with E-state index in [9.17, 15) is 0 Å². The Morgan fingerprint density at radius 1 is 1.06 bits per heavy atom. The molecule has 2 aromatic carbocycles. The van der Waals surface area contributed by atoms with E-state index in [0.29, 0.717) is 5.56 Å². The maximum absolute atomic E-state index is 8.71. The van der Waals surface area contributed by atoms with Crippen LogP contribution in [0.1, 0.15) is 5.56 Å². The normalized spacial score (nSPS) is 9.41. The lowest BCUT2D eigenvalue weighted by atomic mass is 10.2. The second-order valence-electron chi connectivity index (χ2n) is 3.51. The van der Waals surface area contributed by atoms with Gasteiger partial charge in [0.1, 0.15) is 5.75 Å². The fourth-order valence-corrected chi connectivity index (χ4v) is 1.53. The molecule has 0 heterocycles. The lowest BCUT2D eigenvalue weighted by Gasteiger charge is -2.10. The first-order valence-electron chi connectivity index (χ1n) is 5.23. The molecule has 0 fully saturated rings. The number of para-hydroxylation sites is 2. The van der Waals surface area contributed by atoms with Gasteiger partial charge in [-0.15, -0.1) is 0 Å². The summed E-state index contributed by atoms with van der Waals surface area (Å²) in [5.74, 6) is 0.789. The van der Waals surface area contributed by atoms with Crippen LogP contribution in [-0.4, -0.2) is 7.11 Å². The Hall–Kier alpha value is -2.47. The molecule has 2 aromatic rings. The third-order valence-corrected chi connectivity index (χ3v) is 2.40. The smallest absolute Gasteiger partial charge is 0.142 e. The number of nitriles is 1. The van der Waals surface area contributed by atoms with Crippen LogP contribution >= 0.6 is 0 Å². The summed E-state index contributed by atoms with van der Waals surface area (Å²) in [6, 6.07) is 17.1.